The minimum atomic E-state index is -4.36. The molecule has 0 spiro atoms. The third-order valence-corrected chi connectivity index (χ3v) is 5.70. The number of benzene rings is 1. The fraction of sp³-hybridized carbons (Fsp3) is 0.409. The van der Waals surface area contributed by atoms with E-state index in [1.165, 1.54) is 18.6 Å². The fourth-order valence-electron chi connectivity index (χ4n) is 4.18. The number of hydrogen-bond donors (Lipinski definition) is 0. The first-order chi connectivity index (χ1) is 14.2. The van der Waals surface area contributed by atoms with Crippen molar-refractivity contribution in [2.75, 3.05) is 27.2 Å². The van der Waals surface area contributed by atoms with Gasteiger partial charge in [0, 0.05) is 36.7 Å². The topological polar surface area (TPSA) is 37.0 Å². The quantitative estimate of drug-likeness (QED) is 0.471. The molecule has 0 radical (unpaired) electrons. The van der Waals surface area contributed by atoms with Crippen LogP contribution < -0.4 is 0 Å². The van der Waals surface area contributed by atoms with E-state index >= 15 is 0 Å². The molecule has 5 nitrogen and oxygen atoms in total. The summed E-state index contributed by atoms with van der Waals surface area (Å²) in [6, 6.07) is 7.00. The minimum Gasteiger partial charge on any atom is -0.344 e. The number of nitrogens with zero attached hydrogens (tertiary/aromatic N) is 5. The number of piperidine rings is 1. The van der Waals surface area contributed by atoms with Gasteiger partial charge in [-0.25, -0.2) is 4.58 Å². The molecule has 0 amide bonds. The van der Waals surface area contributed by atoms with Crippen molar-refractivity contribution in [3.63, 3.8) is 0 Å². The Morgan fingerprint density at radius 1 is 1.10 bits per heavy atom. The van der Waals surface area contributed by atoms with Gasteiger partial charge in [-0.2, -0.15) is 13.2 Å². The van der Waals surface area contributed by atoms with Crippen LogP contribution in [0.3, 0.4) is 0 Å². The second-order valence-electron chi connectivity index (χ2n) is 8.06. The summed E-state index contributed by atoms with van der Waals surface area (Å²) in [5, 5.41) is 9.72. The molecule has 2 aromatic heterocycles. The molecule has 3 heterocycles. The molecule has 1 atom stereocenters. The first kappa shape index (κ1) is 20.5. The summed E-state index contributed by atoms with van der Waals surface area (Å²) in [4.78, 5) is 2.33. The summed E-state index contributed by atoms with van der Waals surface area (Å²) in [7, 11) is 6.04. The Hall–Kier alpha value is -2.74. The number of halogens is 3. The lowest BCUT2D eigenvalue weighted by molar-refractivity contribution is -0.406. The van der Waals surface area contributed by atoms with Gasteiger partial charge in [-0.1, -0.05) is 12.1 Å². The van der Waals surface area contributed by atoms with Crippen molar-refractivity contribution >= 4 is 22.9 Å². The Balaban J connectivity index is 1.74. The molecule has 4 rings (SSSR count). The van der Waals surface area contributed by atoms with Gasteiger partial charge >= 0.3 is 12.0 Å². The minimum absolute atomic E-state index is 0.445. The Labute approximate surface area is 173 Å². The van der Waals surface area contributed by atoms with E-state index in [2.05, 4.69) is 28.4 Å². The van der Waals surface area contributed by atoms with Gasteiger partial charge in [0.05, 0.1) is 23.9 Å². The Morgan fingerprint density at radius 2 is 1.83 bits per heavy atom. The van der Waals surface area contributed by atoms with E-state index in [9.17, 15) is 13.2 Å². The molecule has 0 saturated carbocycles. The van der Waals surface area contributed by atoms with Gasteiger partial charge in [-0.3, -0.25) is 0 Å². The molecule has 0 aliphatic carbocycles. The fourth-order valence-corrected chi connectivity index (χ4v) is 4.18. The van der Waals surface area contributed by atoms with Crippen molar-refractivity contribution in [2.24, 2.45) is 13.0 Å². The molecule has 0 N–H and O–H groups in total. The number of alkyl halides is 3. The molecule has 1 fully saturated rings. The summed E-state index contributed by atoms with van der Waals surface area (Å²) in [5.41, 5.74) is 1.42. The molecule has 1 aromatic carbocycles. The van der Waals surface area contributed by atoms with Gasteiger partial charge < -0.3 is 9.47 Å². The van der Waals surface area contributed by atoms with Crippen molar-refractivity contribution in [1.82, 2.24) is 19.7 Å². The van der Waals surface area contributed by atoms with Gasteiger partial charge in [0.1, 0.15) is 11.2 Å². The number of fused-ring (bicyclic) bond motifs is 1. The largest absolute Gasteiger partial charge is 0.416 e. The van der Waals surface area contributed by atoms with Crippen molar-refractivity contribution < 1.29 is 17.7 Å². The van der Waals surface area contributed by atoms with Crippen molar-refractivity contribution in [2.45, 2.75) is 19.0 Å². The number of rotatable bonds is 3. The van der Waals surface area contributed by atoms with Gasteiger partial charge in [0.25, 0.3) is 0 Å². The SMILES string of the molecule is CN1CCCC(/C=[N+](\C)c2nnc(-c3ccc(C(F)(F)F)cc3)c3ccn(C)c23)C1. The molecule has 158 valence electrons. The third-order valence-electron chi connectivity index (χ3n) is 5.70. The monoisotopic (exact) mass is 416 g/mol. The predicted molar refractivity (Wildman–Crippen MR) is 111 cm³/mol. The van der Waals surface area contributed by atoms with Crippen LogP contribution >= 0.6 is 0 Å². The van der Waals surface area contributed by atoms with Gasteiger partial charge in [-0.05, 0) is 49.7 Å². The lowest BCUT2D eigenvalue weighted by Crippen LogP contribution is -2.33. The molecule has 1 saturated heterocycles. The molecule has 8 heteroatoms. The number of aryl methyl sites for hydroxylation is 1. The maximum atomic E-state index is 12.9. The maximum Gasteiger partial charge on any atom is 0.416 e. The summed E-state index contributed by atoms with van der Waals surface area (Å²) >= 11 is 0. The summed E-state index contributed by atoms with van der Waals surface area (Å²) in [5.74, 6) is 1.18. The van der Waals surface area contributed by atoms with E-state index in [0.717, 1.165) is 48.4 Å². The van der Waals surface area contributed by atoms with Crippen molar-refractivity contribution in [3.8, 4) is 11.3 Å². The van der Waals surface area contributed by atoms with Crippen molar-refractivity contribution in [3.05, 3.63) is 42.1 Å². The smallest absolute Gasteiger partial charge is 0.344 e. The zero-order chi connectivity index (χ0) is 21.5. The summed E-state index contributed by atoms with van der Waals surface area (Å²) in [6.07, 6.45) is 2.07. The number of hydrogen-bond acceptors (Lipinski definition) is 3. The molecule has 1 aliphatic rings. The summed E-state index contributed by atoms with van der Waals surface area (Å²) < 4.78 is 42.7. The van der Waals surface area contributed by atoms with Gasteiger partial charge in [-0.15, -0.1) is 0 Å². The second kappa shape index (κ2) is 7.83. The first-order valence-electron chi connectivity index (χ1n) is 10.00. The van der Waals surface area contributed by atoms with E-state index in [0.29, 0.717) is 17.2 Å². The molecular formula is C22H25F3N5+. The van der Waals surface area contributed by atoms with Crippen LogP contribution in [0.4, 0.5) is 19.0 Å². The highest BCUT2D eigenvalue weighted by atomic mass is 19.4. The van der Waals surface area contributed by atoms with Gasteiger partial charge in [0.2, 0.25) is 0 Å². The number of aromatic nitrogens is 3. The predicted octanol–water partition coefficient (Wildman–Crippen LogP) is 4.34. The van der Waals surface area contributed by atoms with Crippen LogP contribution in [-0.2, 0) is 13.2 Å². The Bertz CT molecular complexity index is 1080. The van der Waals surface area contributed by atoms with E-state index in [4.69, 9.17) is 0 Å². The van der Waals surface area contributed by atoms with Crippen molar-refractivity contribution in [1.29, 1.82) is 0 Å². The highest BCUT2D eigenvalue weighted by Crippen LogP contribution is 2.34. The zero-order valence-corrected chi connectivity index (χ0v) is 17.3. The second-order valence-corrected chi connectivity index (χ2v) is 8.06. The lowest BCUT2D eigenvalue weighted by atomic mass is 10.00. The molecule has 1 unspecified atom stereocenters. The number of likely N-dealkylation sites (tertiary alicyclic amines) is 1. The molecule has 30 heavy (non-hydrogen) atoms. The Kier molecular flexibility index (Phi) is 5.36. The zero-order valence-electron chi connectivity index (χ0n) is 17.3. The molecular weight excluding hydrogens is 391 g/mol. The van der Waals surface area contributed by atoms with E-state index in [1.54, 1.807) is 0 Å². The molecule has 0 bridgehead atoms. The summed E-state index contributed by atoms with van der Waals surface area (Å²) in [6.45, 7) is 2.13. The maximum absolute atomic E-state index is 12.9. The first-order valence-corrected chi connectivity index (χ1v) is 10.00. The highest BCUT2D eigenvalue weighted by molar-refractivity contribution is 5.97. The van der Waals surface area contributed by atoms with Crippen LogP contribution in [0.25, 0.3) is 22.2 Å². The average Bonchev–Trinajstić information content (AvgIpc) is 3.09. The van der Waals surface area contributed by atoms with Gasteiger partial charge in [0.15, 0.2) is 0 Å². The van der Waals surface area contributed by atoms with Crippen LogP contribution in [0.2, 0.25) is 0 Å². The van der Waals surface area contributed by atoms with E-state index in [-0.39, 0.29) is 0 Å². The third kappa shape index (κ3) is 3.96. The Morgan fingerprint density at radius 3 is 2.50 bits per heavy atom. The lowest BCUT2D eigenvalue weighted by Gasteiger charge is -2.26. The molecule has 1 aliphatic heterocycles. The van der Waals surface area contributed by atoms with Crippen LogP contribution in [0.5, 0.6) is 0 Å². The van der Waals surface area contributed by atoms with Crippen LogP contribution in [-0.4, -0.2) is 57.6 Å². The standard InChI is InChI=1S/C22H25F3N5/c1-28-11-4-5-15(13-28)14-30(3)21-20-18(10-12-29(20)2)19(26-27-21)16-6-8-17(9-7-16)22(23,24)25/h6-10,12,14-15H,4-5,11,13H2,1-3H3/q+1/b30-14+. The highest BCUT2D eigenvalue weighted by Gasteiger charge is 2.30. The molecule has 3 aromatic rings. The van der Waals surface area contributed by atoms with Crippen LogP contribution in [0.1, 0.15) is 18.4 Å². The normalized spacial score (nSPS) is 18.9. The van der Waals surface area contributed by atoms with E-state index < -0.39 is 11.7 Å². The average molecular weight is 416 g/mol. The van der Waals surface area contributed by atoms with Crippen LogP contribution in [0.15, 0.2) is 36.5 Å². The van der Waals surface area contributed by atoms with E-state index in [1.807, 2.05) is 35.5 Å². The van der Waals surface area contributed by atoms with Crippen LogP contribution in [0, 0.1) is 5.92 Å².